The van der Waals surface area contributed by atoms with Crippen molar-refractivity contribution in [3.63, 3.8) is 0 Å². The van der Waals surface area contributed by atoms with Gasteiger partial charge >= 0.3 is 0 Å². The van der Waals surface area contributed by atoms with Crippen molar-refractivity contribution in [2.24, 2.45) is 0 Å². The van der Waals surface area contributed by atoms with Crippen molar-refractivity contribution in [3.8, 4) is 0 Å². The van der Waals surface area contributed by atoms with Gasteiger partial charge in [-0.25, -0.2) is 4.68 Å². The van der Waals surface area contributed by atoms with Crippen molar-refractivity contribution in [3.05, 3.63) is 11.9 Å². The van der Waals surface area contributed by atoms with Gasteiger partial charge in [-0.05, 0) is 32.2 Å². The molecule has 90 valence electrons. The van der Waals surface area contributed by atoms with E-state index in [2.05, 4.69) is 34.2 Å². The summed E-state index contributed by atoms with van der Waals surface area (Å²) in [6.07, 6.45) is 6.88. The van der Waals surface area contributed by atoms with E-state index in [1.54, 1.807) is 0 Å². The lowest BCUT2D eigenvalue weighted by Crippen LogP contribution is -2.25. The molecule has 0 spiro atoms. The zero-order valence-corrected chi connectivity index (χ0v) is 10.3. The third-order valence-corrected chi connectivity index (χ3v) is 3.43. The number of hydrogen-bond acceptors (Lipinski definition) is 3. The smallest absolute Gasteiger partial charge is 0.0728 e. The first-order valence-corrected chi connectivity index (χ1v) is 6.46. The summed E-state index contributed by atoms with van der Waals surface area (Å²) in [5.74, 6) is 0.658. The fourth-order valence-corrected chi connectivity index (χ4v) is 2.69. The van der Waals surface area contributed by atoms with Crippen LogP contribution in [0.1, 0.15) is 51.1 Å². The monoisotopic (exact) mass is 222 g/mol. The van der Waals surface area contributed by atoms with E-state index in [9.17, 15) is 0 Å². The largest absolute Gasteiger partial charge is 0.314 e. The minimum Gasteiger partial charge on any atom is -0.314 e. The number of nitrogens with zero attached hydrogens (tertiary/aromatic N) is 3. The second-order valence-corrected chi connectivity index (χ2v) is 4.65. The molecule has 0 radical (unpaired) electrons. The molecule has 1 fully saturated rings. The fourth-order valence-electron chi connectivity index (χ4n) is 2.69. The van der Waals surface area contributed by atoms with Gasteiger partial charge in [-0.3, -0.25) is 0 Å². The van der Waals surface area contributed by atoms with Gasteiger partial charge in [0.15, 0.2) is 0 Å². The number of nitrogens with one attached hydrogen (secondary N) is 1. The second-order valence-electron chi connectivity index (χ2n) is 4.65. The molecule has 4 nitrogen and oxygen atoms in total. The Balaban J connectivity index is 1.99. The molecule has 2 atom stereocenters. The normalized spacial score (nSPS) is 25.1. The molecule has 0 aromatic carbocycles. The van der Waals surface area contributed by atoms with E-state index in [1.165, 1.54) is 25.0 Å². The summed E-state index contributed by atoms with van der Waals surface area (Å²) >= 11 is 0. The van der Waals surface area contributed by atoms with Gasteiger partial charge in [0, 0.05) is 18.5 Å². The van der Waals surface area contributed by atoms with E-state index >= 15 is 0 Å². The van der Waals surface area contributed by atoms with Crippen LogP contribution >= 0.6 is 0 Å². The van der Waals surface area contributed by atoms with E-state index in [0.717, 1.165) is 19.5 Å². The molecule has 16 heavy (non-hydrogen) atoms. The van der Waals surface area contributed by atoms with Crippen LogP contribution in [-0.4, -0.2) is 27.6 Å². The molecule has 1 saturated carbocycles. The average Bonchev–Trinajstić information content (AvgIpc) is 2.87. The molecule has 2 unspecified atom stereocenters. The van der Waals surface area contributed by atoms with Gasteiger partial charge in [-0.15, -0.1) is 5.10 Å². The first kappa shape index (κ1) is 11.6. The molecule has 1 aromatic rings. The van der Waals surface area contributed by atoms with Crippen LogP contribution < -0.4 is 5.32 Å². The Labute approximate surface area is 97.4 Å². The molecule has 0 bridgehead atoms. The van der Waals surface area contributed by atoms with Crippen molar-refractivity contribution < 1.29 is 0 Å². The molecule has 0 saturated heterocycles. The van der Waals surface area contributed by atoms with Gasteiger partial charge in [0.1, 0.15) is 0 Å². The highest BCUT2D eigenvalue weighted by molar-refractivity contribution is 5.07. The van der Waals surface area contributed by atoms with E-state index < -0.39 is 0 Å². The zero-order valence-electron chi connectivity index (χ0n) is 10.3. The van der Waals surface area contributed by atoms with E-state index in [4.69, 9.17) is 0 Å². The first-order chi connectivity index (χ1) is 7.85. The minimum absolute atomic E-state index is 0.658. The van der Waals surface area contributed by atoms with E-state index in [0.29, 0.717) is 12.0 Å². The molecular weight excluding hydrogens is 200 g/mol. The highest BCUT2D eigenvalue weighted by atomic mass is 15.4. The summed E-state index contributed by atoms with van der Waals surface area (Å²) in [5, 5.41) is 11.8. The van der Waals surface area contributed by atoms with Gasteiger partial charge in [0.05, 0.1) is 11.9 Å². The molecule has 0 aliphatic heterocycles. The second kappa shape index (κ2) is 5.43. The van der Waals surface area contributed by atoms with Crippen LogP contribution in [0.5, 0.6) is 0 Å². The highest BCUT2D eigenvalue weighted by Crippen LogP contribution is 2.33. The summed E-state index contributed by atoms with van der Waals surface area (Å²) < 4.78 is 2.08. The molecule has 1 heterocycles. The lowest BCUT2D eigenvalue weighted by atomic mass is 10.0. The summed E-state index contributed by atoms with van der Waals surface area (Å²) in [7, 11) is 0. The number of aryl methyl sites for hydroxylation is 1. The van der Waals surface area contributed by atoms with Gasteiger partial charge < -0.3 is 5.32 Å². The summed E-state index contributed by atoms with van der Waals surface area (Å²) in [4.78, 5) is 0. The topological polar surface area (TPSA) is 42.7 Å². The predicted octanol–water partition coefficient (Wildman–Crippen LogP) is 1.93. The van der Waals surface area contributed by atoms with Crippen LogP contribution in [0.3, 0.4) is 0 Å². The summed E-state index contributed by atoms with van der Waals surface area (Å²) in [6.45, 7) is 6.43. The maximum Gasteiger partial charge on any atom is 0.0728 e. The molecule has 4 heteroatoms. The Bertz CT molecular complexity index is 321. The summed E-state index contributed by atoms with van der Waals surface area (Å²) in [5.41, 5.74) is 1.34. The van der Waals surface area contributed by atoms with Crippen molar-refractivity contribution in [1.82, 2.24) is 20.3 Å². The van der Waals surface area contributed by atoms with Gasteiger partial charge in [0.25, 0.3) is 0 Å². The number of hydrogen-bond donors (Lipinski definition) is 1. The third-order valence-electron chi connectivity index (χ3n) is 3.43. The fraction of sp³-hybridized carbons (Fsp3) is 0.833. The van der Waals surface area contributed by atoms with Crippen molar-refractivity contribution in [2.75, 3.05) is 6.54 Å². The Morgan fingerprint density at radius 2 is 2.31 bits per heavy atom. The minimum atomic E-state index is 0.658. The molecule has 2 rings (SSSR count). The zero-order chi connectivity index (χ0) is 11.4. The molecule has 1 aliphatic carbocycles. The Hall–Kier alpha value is -0.900. The Morgan fingerprint density at radius 1 is 1.44 bits per heavy atom. The third kappa shape index (κ3) is 2.43. The maximum atomic E-state index is 4.17. The lowest BCUT2D eigenvalue weighted by molar-refractivity contribution is 0.506. The van der Waals surface area contributed by atoms with Crippen LogP contribution in [0, 0.1) is 0 Å². The Morgan fingerprint density at radius 3 is 3.06 bits per heavy atom. The molecule has 0 amide bonds. The van der Waals surface area contributed by atoms with Crippen LogP contribution in [-0.2, 0) is 6.54 Å². The Kier molecular flexibility index (Phi) is 3.93. The number of rotatable bonds is 5. The molecule has 1 aliphatic rings. The van der Waals surface area contributed by atoms with Crippen molar-refractivity contribution in [2.45, 2.75) is 58.0 Å². The van der Waals surface area contributed by atoms with Crippen LogP contribution in [0.4, 0.5) is 0 Å². The van der Waals surface area contributed by atoms with Gasteiger partial charge in [-0.1, -0.05) is 19.1 Å². The predicted molar refractivity (Wildman–Crippen MR) is 64.4 cm³/mol. The quantitative estimate of drug-likeness (QED) is 0.828. The molecule has 1 N–H and O–H groups in total. The first-order valence-electron chi connectivity index (χ1n) is 6.46. The summed E-state index contributed by atoms with van der Waals surface area (Å²) in [6, 6.07) is 0.694. The van der Waals surface area contributed by atoms with Crippen LogP contribution in [0.15, 0.2) is 6.20 Å². The van der Waals surface area contributed by atoms with E-state index in [-0.39, 0.29) is 0 Å². The van der Waals surface area contributed by atoms with E-state index in [1.807, 2.05) is 6.20 Å². The molecule has 1 aromatic heterocycles. The van der Waals surface area contributed by atoms with Gasteiger partial charge in [0.2, 0.25) is 0 Å². The van der Waals surface area contributed by atoms with Crippen molar-refractivity contribution in [1.29, 1.82) is 0 Å². The van der Waals surface area contributed by atoms with Gasteiger partial charge in [-0.2, -0.15) is 0 Å². The van der Waals surface area contributed by atoms with Crippen molar-refractivity contribution >= 4 is 0 Å². The number of aromatic nitrogens is 3. The molecular formula is C12H22N4. The highest BCUT2D eigenvalue weighted by Gasteiger charge is 2.27. The average molecular weight is 222 g/mol. The van der Waals surface area contributed by atoms with Crippen LogP contribution in [0.25, 0.3) is 0 Å². The standard InChI is InChI=1S/C12H22N4/c1-3-7-16-12(9-14-15-16)10-5-6-11(8-10)13-4-2/h9-11,13H,3-8H2,1-2H3. The lowest BCUT2D eigenvalue weighted by Gasteiger charge is -2.12. The van der Waals surface area contributed by atoms with Crippen LogP contribution in [0.2, 0.25) is 0 Å². The maximum absolute atomic E-state index is 4.17. The SMILES string of the molecule is CCCn1nncc1C1CCC(NCC)C1.